The van der Waals surface area contributed by atoms with E-state index >= 15 is 0 Å². The molecule has 180 valence electrons. The molecule has 5 rings (SSSR count). The third-order valence-electron chi connectivity index (χ3n) is 6.83. The minimum Gasteiger partial charge on any atom is -0.497 e. The smallest absolute Gasteiger partial charge is 0.268 e. The van der Waals surface area contributed by atoms with Crippen molar-refractivity contribution in [2.45, 2.75) is 37.6 Å². The zero-order valence-corrected chi connectivity index (χ0v) is 21.4. The van der Waals surface area contributed by atoms with E-state index < -0.39 is 4.87 Å². The predicted molar refractivity (Wildman–Crippen MR) is 141 cm³/mol. The lowest BCUT2D eigenvalue weighted by molar-refractivity contribution is -0.123. The Morgan fingerprint density at radius 1 is 1.03 bits per heavy atom. The fraction of sp³-hybridized carbons (Fsp3) is 0.310. The summed E-state index contributed by atoms with van der Waals surface area (Å²) in [5.41, 5.74) is 4.60. The number of rotatable bonds is 4. The highest BCUT2D eigenvalue weighted by Gasteiger charge is 2.59. The first-order chi connectivity index (χ1) is 16.8. The molecule has 35 heavy (non-hydrogen) atoms. The van der Waals surface area contributed by atoms with Crippen LogP contribution in [0.5, 0.6) is 5.75 Å². The minimum atomic E-state index is -1.10. The molecule has 0 aliphatic carbocycles. The average Bonchev–Trinajstić information content (AvgIpc) is 3.40. The quantitative estimate of drug-likeness (QED) is 0.483. The number of benzene rings is 3. The summed E-state index contributed by atoms with van der Waals surface area (Å²) in [4.78, 5) is 30.3. The third-order valence-corrected chi connectivity index (χ3v) is 8.25. The van der Waals surface area contributed by atoms with Gasteiger partial charge in [0, 0.05) is 23.4 Å². The normalized spacial score (nSPS) is 19.4. The van der Waals surface area contributed by atoms with Gasteiger partial charge in [-0.3, -0.25) is 9.59 Å². The molecule has 3 aromatic carbocycles. The predicted octanol–water partition coefficient (Wildman–Crippen LogP) is 5.58. The molecule has 2 aliphatic heterocycles. The first-order valence-corrected chi connectivity index (χ1v) is 12.8. The fourth-order valence-electron chi connectivity index (χ4n) is 4.91. The van der Waals surface area contributed by atoms with Gasteiger partial charge in [0.05, 0.1) is 19.3 Å². The molecule has 2 amide bonds. The van der Waals surface area contributed by atoms with Crippen LogP contribution >= 0.6 is 11.8 Å². The van der Waals surface area contributed by atoms with E-state index in [1.54, 1.807) is 24.1 Å². The fourth-order valence-corrected chi connectivity index (χ4v) is 6.36. The van der Waals surface area contributed by atoms with Crippen LogP contribution in [0.25, 0.3) is 0 Å². The van der Waals surface area contributed by atoms with Gasteiger partial charge in [-0.25, -0.2) is 0 Å². The van der Waals surface area contributed by atoms with E-state index in [2.05, 4.69) is 45.0 Å². The maximum absolute atomic E-state index is 14.2. The highest BCUT2D eigenvalue weighted by molar-refractivity contribution is 8.01. The number of amides is 2. The molecule has 0 aromatic heterocycles. The van der Waals surface area contributed by atoms with Crippen molar-refractivity contribution >= 4 is 29.3 Å². The molecule has 3 aromatic rings. The minimum absolute atomic E-state index is 0.0635. The molecule has 2 heterocycles. The lowest BCUT2D eigenvalue weighted by Crippen LogP contribution is -2.50. The molecule has 0 bridgehead atoms. The second kappa shape index (κ2) is 8.76. The van der Waals surface area contributed by atoms with Crippen LogP contribution in [0.1, 0.15) is 47.8 Å². The van der Waals surface area contributed by atoms with Gasteiger partial charge in [-0.1, -0.05) is 63.2 Å². The Bertz CT molecular complexity index is 1270. The number of anilines is 1. The number of thioether (sulfide) groups is 1. The van der Waals surface area contributed by atoms with Gasteiger partial charge < -0.3 is 14.5 Å². The van der Waals surface area contributed by atoms with E-state index in [1.807, 2.05) is 41.3 Å². The Labute approximate surface area is 211 Å². The average molecular weight is 487 g/mol. The number of hydrogen-bond acceptors (Lipinski definition) is 4. The number of fused-ring (bicyclic) bond motifs is 2. The Hall–Kier alpha value is -3.25. The molecule has 1 saturated heterocycles. The number of hydrogen-bond donors (Lipinski definition) is 0. The molecule has 1 atom stereocenters. The Morgan fingerprint density at radius 3 is 2.40 bits per heavy atom. The third kappa shape index (κ3) is 3.90. The van der Waals surface area contributed by atoms with E-state index in [4.69, 9.17) is 4.74 Å². The number of carbonyl (C=O) groups excluding carboxylic acids is 2. The van der Waals surface area contributed by atoms with Crippen molar-refractivity contribution in [2.75, 3.05) is 24.3 Å². The zero-order chi connectivity index (χ0) is 24.8. The monoisotopic (exact) mass is 486 g/mol. The largest absolute Gasteiger partial charge is 0.497 e. The lowest BCUT2D eigenvalue weighted by Gasteiger charge is -2.33. The van der Waals surface area contributed by atoms with Gasteiger partial charge >= 0.3 is 0 Å². The highest BCUT2D eigenvalue weighted by atomic mass is 32.2. The summed E-state index contributed by atoms with van der Waals surface area (Å²) >= 11 is 1.53. The van der Waals surface area contributed by atoms with Gasteiger partial charge in [-0.05, 0) is 46.9 Å². The summed E-state index contributed by atoms with van der Waals surface area (Å²) < 4.78 is 5.51. The Balaban J connectivity index is 1.56. The molecule has 2 aliphatic rings. The molecular formula is C29H30N2O3S. The summed E-state index contributed by atoms with van der Waals surface area (Å²) in [6, 6.07) is 23.4. The molecule has 0 radical (unpaired) electrons. The second-order valence-electron chi connectivity index (χ2n) is 10.0. The molecule has 0 N–H and O–H groups in total. The zero-order valence-electron chi connectivity index (χ0n) is 20.6. The van der Waals surface area contributed by atoms with Crippen LogP contribution in [0.15, 0.2) is 72.8 Å². The standard InChI is InChI=1S/C29H30N2O3S/c1-28(2,3)22-12-10-20(11-13-22)19-30-25-15-14-23(34-4)18-24(25)29(27(30)33)31(16-17-35-29)26(32)21-8-6-5-7-9-21/h5-15,18H,16-17,19H2,1-4H3. The molecule has 1 spiro atoms. The molecule has 5 nitrogen and oxygen atoms in total. The van der Waals surface area contributed by atoms with Crippen LogP contribution in [0.3, 0.4) is 0 Å². The second-order valence-corrected chi connectivity index (χ2v) is 11.3. The van der Waals surface area contributed by atoms with Crippen LogP contribution in [0.2, 0.25) is 0 Å². The van der Waals surface area contributed by atoms with Crippen molar-refractivity contribution in [2.24, 2.45) is 0 Å². The summed E-state index contributed by atoms with van der Waals surface area (Å²) in [6.07, 6.45) is 0. The van der Waals surface area contributed by atoms with Crippen molar-refractivity contribution in [3.63, 3.8) is 0 Å². The summed E-state index contributed by atoms with van der Waals surface area (Å²) in [6.45, 7) is 7.52. The van der Waals surface area contributed by atoms with Gasteiger partial charge in [0.2, 0.25) is 0 Å². The maximum Gasteiger partial charge on any atom is 0.268 e. The maximum atomic E-state index is 14.2. The van der Waals surface area contributed by atoms with Gasteiger partial charge in [0.25, 0.3) is 11.8 Å². The topological polar surface area (TPSA) is 49.9 Å². The van der Waals surface area contributed by atoms with Crippen molar-refractivity contribution in [3.8, 4) is 5.75 Å². The van der Waals surface area contributed by atoms with Crippen LogP contribution in [0, 0.1) is 0 Å². The van der Waals surface area contributed by atoms with Crippen LogP contribution in [0.4, 0.5) is 5.69 Å². The number of nitrogens with zero attached hydrogens (tertiary/aromatic N) is 2. The summed E-state index contributed by atoms with van der Waals surface area (Å²) in [7, 11) is 1.62. The van der Waals surface area contributed by atoms with Crippen molar-refractivity contribution in [3.05, 3.63) is 95.1 Å². The van der Waals surface area contributed by atoms with E-state index in [1.165, 1.54) is 17.3 Å². The Kier molecular flexibility index (Phi) is 5.88. The molecular weight excluding hydrogens is 456 g/mol. The van der Waals surface area contributed by atoms with Crippen molar-refractivity contribution in [1.29, 1.82) is 0 Å². The van der Waals surface area contributed by atoms with Gasteiger partial charge in [0.15, 0.2) is 4.87 Å². The van der Waals surface area contributed by atoms with E-state index in [0.717, 1.165) is 16.8 Å². The highest BCUT2D eigenvalue weighted by Crippen LogP contribution is 2.55. The lowest BCUT2D eigenvalue weighted by atomic mass is 9.87. The number of methoxy groups -OCH3 is 1. The first-order valence-electron chi connectivity index (χ1n) is 11.9. The number of carbonyl (C=O) groups is 2. The van der Waals surface area contributed by atoms with Gasteiger partial charge in [-0.15, -0.1) is 11.8 Å². The molecule has 6 heteroatoms. The molecule has 0 saturated carbocycles. The van der Waals surface area contributed by atoms with E-state index in [-0.39, 0.29) is 17.2 Å². The van der Waals surface area contributed by atoms with Gasteiger partial charge in [0.1, 0.15) is 5.75 Å². The number of ether oxygens (including phenoxy) is 1. The summed E-state index contributed by atoms with van der Waals surface area (Å²) in [5, 5.41) is 0. The SMILES string of the molecule is COc1ccc2c(c1)C1(SCCN1C(=O)c1ccccc1)C(=O)N2Cc1ccc(C(C)(C)C)cc1. The first kappa shape index (κ1) is 23.5. The van der Waals surface area contributed by atoms with Gasteiger partial charge in [-0.2, -0.15) is 0 Å². The van der Waals surface area contributed by atoms with Crippen LogP contribution in [-0.2, 0) is 21.6 Å². The van der Waals surface area contributed by atoms with E-state index in [9.17, 15) is 9.59 Å². The van der Waals surface area contributed by atoms with Crippen LogP contribution < -0.4 is 9.64 Å². The van der Waals surface area contributed by atoms with Crippen molar-refractivity contribution < 1.29 is 14.3 Å². The van der Waals surface area contributed by atoms with E-state index in [0.29, 0.717) is 30.2 Å². The Morgan fingerprint density at radius 2 is 1.74 bits per heavy atom. The van der Waals surface area contributed by atoms with Crippen LogP contribution in [-0.4, -0.2) is 36.1 Å². The molecule has 1 fully saturated rings. The molecule has 1 unspecified atom stereocenters. The summed E-state index contributed by atoms with van der Waals surface area (Å²) in [5.74, 6) is 1.16. The van der Waals surface area contributed by atoms with Crippen molar-refractivity contribution in [1.82, 2.24) is 4.90 Å².